The van der Waals surface area contributed by atoms with Gasteiger partial charge < -0.3 is 4.90 Å². The fraction of sp³-hybridized carbons (Fsp3) is 0.308. The van der Waals surface area contributed by atoms with Crippen molar-refractivity contribution < 1.29 is 8.78 Å². The Labute approximate surface area is 113 Å². The van der Waals surface area contributed by atoms with Gasteiger partial charge in [0.2, 0.25) is 0 Å². The van der Waals surface area contributed by atoms with Gasteiger partial charge in [-0.25, -0.2) is 0 Å². The molecule has 0 spiro atoms. The maximum atomic E-state index is 13.5. The van der Waals surface area contributed by atoms with E-state index in [1.165, 1.54) is 13.9 Å². The summed E-state index contributed by atoms with van der Waals surface area (Å²) in [6, 6.07) is 7.44. The van der Waals surface area contributed by atoms with Crippen molar-refractivity contribution in [1.82, 2.24) is 9.78 Å². The predicted molar refractivity (Wildman–Crippen MR) is 76.6 cm³/mol. The van der Waals surface area contributed by atoms with Crippen LogP contribution in [0.3, 0.4) is 0 Å². The van der Waals surface area contributed by atoms with Crippen molar-refractivity contribution in [2.45, 2.75) is 5.66 Å². The zero-order valence-electron chi connectivity index (χ0n) is 11.1. The fourth-order valence-electron chi connectivity index (χ4n) is 1.89. The molecule has 0 saturated heterocycles. The SMILES string of the molecule is CN(C)c1ccc(-c2cn(C)nc2C(F)(F)P)cc1. The molecule has 1 aromatic heterocycles. The van der Waals surface area contributed by atoms with E-state index in [4.69, 9.17) is 0 Å². The zero-order valence-corrected chi connectivity index (χ0v) is 12.2. The first-order valence-corrected chi connectivity index (χ1v) is 6.35. The van der Waals surface area contributed by atoms with Crippen LogP contribution < -0.4 is 4.90 Å². The van der Waals surface area contributed by atoms with Crippen LogP contribution in [0.4, 0.5) is 14.5 Å². The van der Waals surface area contributed by atoms with E-state index < -0.39 is 5.66 Å². The second kappa shape index (κ2) is 4.89. The minimum absolute atomic E-state index is 0.224. The third kappa shape index (κ3) is 2.92. The molecular weight excluding hydrogens is 267 g/mol. The van der Waals surface area contributed by atoms with Crippen LogP contribution >= 0.6 is 9.24 Å². The van der Waals surface area contributed by atoms with Crippen LogP contribution in [0.5, 0.6) is 0 Å². The van der Waals surface area contributed by atoms with Crippen molar-refractivity contribution in [2.75, 3.05) is 19.0 Å². The Morgan fingerprint density at radius 3 is 2.26 bits per heavy atom. The highest BCUT2D eigenvalue weighted by Gasteiger charge is 2.31. The van der Waals surface area contributed by atoms with Gasteiger partial charge in [-0.15, -0.1) is 0 Å². The van der Waals surface area contributed by atoms with Crippen molar-refractivity contribution in [3.63, 3.8) is 0 Å². The molecule has 0 bridgehead atoms. The van der Waals surface area contributed by atoms with Gasteiger partial charge in [-0.05, 0) is 17.7 Å². The Morgan fingerprint density at radius 2 is 1.79 bits per heavy atom. The Morgan fingerprint density at radius 1 is 1.21 bits per heavy atom. The lowest BCUT2D eigenvalue weighted by Gasteiger charge is -2.13. The number of hydrogen-bond acceptors (Lipinski definition) is 2. The topological polar surface area (TPSA) is 21.1 Å². The van der Waals surface area contributed by atoms with E-state index in [9.17, 15) is 8.78 Å². The number of aryl methyl sites for hydroxylation is 1. The molecule has 3 nitrogen and oxygen atoms in total. The standard InChI is InChI=1S/C13H16F2N3P/c1-17(2)10-6-4-9(5-7-10)11-8-18(3)16-12(11)13(14,15)19/h4-8H,19H2,1-3H3. The van der Waals surface area contributed by atoms with Gasteiger partial charge in [-0.2, -0.15) is 13.9 Å². The Hall–Kier alpha value is -1.48. The first-order valence-electron chi connectivity index (χ1n) is 5.77. The molecule has 0 N–H and O–H groups in total. The van der Waals surface area contributed by atoms with E-state index >= 15 is 0 Å². The smallest absolute Gasteiger partial charge is 0.302 e. The number of aromatic nitrogens is 2. The van der Waals surface area contributed by atoms with Crippen molar-refractivity contribution >= 4 is 14.9 Å². The average Bonchev–Trinajstić information content (AvgIpc) is 2.71. The van der Waals surface area contributed by atoms with E-state index in [-0.39, 0.29) is 5.69 Å². The summed E-state index contributed by atoms with van der Waals surface area (Å²) in [5.74, 6) is 0. The quantitative estimate of drug-likeness (QED) is 0.807. The summed E-state index contributed by atoms with van der Waals surface area (Å²) < 4.78 is 28.4. The van der Waals surface area contributed by atoms with Crippen LogP contribution in [0.15, 0.2) is 30.5 Å². The molecule has 102 valence electrons. The highest BCUT2D eigenvalue weighted by molar-refractivity contribution is 7.17. The lowest BCUT2D eigenvalue weighted by Crippen LogP contribution is -2.08. The third-order valence-electron chi connectivity index (χ3n) is 2.84. The molecule has 1 aromatic carbocycles. The maximum absolute atomic E-state index is 13.5. The molecule has 1 atom stereocenters. The second-order valence-corrected chi connectivity index (χ2v) is 5.35. The first-order chi connectivity index (χ1) is 8.79. The summed E-state index contributed by atoms with van der Waals surface area (Å²) in [4.78, 5) is 1.96. The lowest BCUT2D eigenvalue weighted by atomic mass is 10.1. The number of alkyl halides is 2. The van der Waals surface area contributed by atoms with Crippen LogP contribution in [-0.2, 0) is 12.7 Å². The van der Waals surface area contributed by atoms with Gasteiger partial charge >= 0.3 is 5.66 Å². The van der Waals surface area contributed by atoms with Gasteiger partial charge in [-0.3, -0.25) is 4.68 Å². The van der Waals surface area contributed by atoms with Crippen LogP contribution in [0, 0.1) is 0 Å². The molecule has 0 aliphatic carbocycles. The number of benzene rings is 1. The van der Waals surface area contributed by atoms with Crippen molar-refractivity contribution in [2.24, 2.45) is 7.05 Å². The largest absolute Gasteiger partial charge is 0.378 e. The number of anilines is 1. The number of nitrogens with zero attached hydrogens (tertiary/aromatic N) is 3. The predicted octanol–water partition coefficient (Wildman–Crippen LogP) is 3.08. The summed E-state index contributed by atoms with van der Waals surface area (Å²) in [6.45, 7) is 0. The monoisotopic (exact) mass is 283 g/mol. The normalized spacial score (nSPS) is 11.7. The Bertz CT molecular complexity index is 571. The van der Waals surface area contributed by atoms with Crippen molar-refractivity contribution in [1.29, 1.82) is 0 Å². The number of rotatable bonds is 3. The molecule has 19 heavy (non-hydrogen) atoms. The molecule has 0 radical (unpaired) electrons. The van der Waals surface area contributed by atoms with Gasteiger partial charge in [0.15, 0.2) is 0 Å². The molecule has 0 aliphatic rings. The van der Waals surface area contributed by atoms with Crippen LogP contribution in [-0.4, -0.2) is 23.9 Å². The molecule has 0 fully saturated rings. The van der Waals surface area contributed by atoms with E-state index in [0.29, 0.717) is 5.56 Å². The minimum Gasteiger partial charge on any atom is -0.378 e. The van der Waals surface area contributed by atoms with E-state index in [2.05, 4.69) is 5.10 Å². The number of hydrogen-bond donors (Lipinski definition) is 0. The van der Waals surface area contributed by atoms with Gasteiger partial charge in [-0.1, -0.05) is 21.4 Å². The lowest BCUT2D eigenvalue weighted by molar-refractivity contribution is 0.0985. The molecule has 0 aliphatic heterocycles. The highest BCUT2D eigenvalue weighted by Crippen LogP contribution is 2.39. The summed E-state index contributed by atoms with van der Waals surface area (Å²) in [6.07, 6.45) is 1.61. The minimum atomic E-state index is -3.03. The van der Waals surface area contributed by atoms with Crippen LogP contribution in [0.25, 0.3) is 11.1 Å². The molecular formula is C13H16F2N3P. The molecule has 1 unspecified atom stereocenters. The Balaban J connectivity index is 2.47. The maximum Gasteiger partial charge on any atom is 0.302 e. The van der Waals surface area contributed by atoms with Crippen molar-refractivity contribution in [3.05, 3.63) is 36.2 Å². The van der Waals surface area contributed by atoms with E-state index in [0.717, 1.165) is 11.3 Å². The molecule has 2 aromatic rings. The van der Waals surface area contributed by atoms with E-state index in [1.54, 1.807) is 13.2 Å². The van der Waals surface area contributed by atoms with Crippen LogP contribution in [0.2, 0.25) is 0 Å². The average molecular weight is 283 g/mol. The molecule has 0 saturated carbocycles. The Kier molecular flexibility index (Phi) is 3.59. The molecule has 2 rings (SSSR count). The summed E-state index contributed by atoms with van der Waals surface area (Å²) in [5, 5.41) is 3.85. The summed E-state index contributed by atoms with van der Waals surface area (Å²) >= 11 is 0. The van der Waals surface area contributed by atoms with Gasteiger partial charge in [0.25, 0.3) is 0 Å². The van der Waals surface area contributed by atoms with Crippen molar-refractivity contribution in [3.8, 4) is 11.1 Å². The third-order valence-corrected chi connectivity index (χ3v) is 3.11. The van der Waals surface area contributed by atoms with Crippen LogP contribution in [0.1, 0.15) is 5.69 Å². The molecule has 1 heterocycles. The zero-order chi connectivity index (χ0) is 14.2. The van der Waals surface area contributed by atoms with E-state index in [1.807, 2.05) is 43.3 Å². The van der Waals surface area contributed by atoms with Gasteiger partial charge in [0, 0.05) is 38.6 Å². The van der Waals surface area contributed by atoms with Gasteiger partial charge in [0.1, 0.15) is 5.69 Å². The number of halogens is 2. The molecule has 0 amide bonds. The summed E-state index contributed by atoms with van der Waals surface area (Å²) in [5.41, 5.74) is -1.05. The van der Waals surface area contributed by atoms with Gasteiger partial charge in [0.05, 0.1) is 0 Å². The summed E-state index contributed by atoms with van der Waals surface area (Å²) in [7, 11) is 7.04. The highest BCUT2D eigenvalue weighted by atomic mass is 31.0. The first kappa shape index (κ1) is 13.9. The molecule has 6 heteroatoms. The fourth-order valence-corrected chi connectivity index (χ4v) is 2.10. The second-order valence-electron chi connectivity index (χ2n) is 4.63.